The van der Waals surface area contributed by atoms with Crippen LogP contribution >= 0.6 is 11.6 Å². The summed E-state index contributed by atoms with van der Waals surface area (Å²) in [6.45, 7) is 0. The average molecular weight is 424 g/mol. The Balaban J connectivity index is 0.00000243. The van der Waals surface area contributed by atoms with Gasteiger partial charge in [-0.15, -0.1) is 5.10 Å². The average Bonchev–Trinajstić information content (AvgIpc) is 2.96. The first-order valence-corrected chi connectivity index (χ1v) is 7.23. The molecule has 11 heteroatoms. The van der Waals surface area contributed by atoms with Gasteiger partial charge in [-0.2, -0.15) is 0 Å². The van der Waals surface area contributed by atoms with Crippen LogP contribution in [0, 0.1) is 20.2 Å². The predicted octanol–water partition coefficient (Wildman–Crippen LogP) is 3.71. The van der Waals surface area contributed by atoms with Crippen molar-refractivity contribution in [2.24, 2.45) is 0 Å². The second kappa shape index (κ2) is 7.52. The molecular formula is C15H9ClCuN4O5. The largest absolute Gasteiger partial charge is 0.492 e. The molecule has 1 N–H and O–H groups in total. The Morgan fingerprint density at radius 3 is 2.23 bits per heavy atom. The van der Waals surface area contributed by atoms with Gasteiger partial charge in [-0.3, -0.25) is 20.2 Å². The van der Waals surface area contributed by atoms with Gasteiger partial charge in [-0.05, 0) is 18.2 Å². The molecule has 0 saturated carbocycles. The number of hydrogen-bond donors (Lipinski definition) is 1. The molecule has 26 heavy (non-hydrogen) atoms. The Bertz CT molecular complexity index is 990. The van der Waals surface area contributed by atoms with Crippen LogP contribution < -0.4 is 0 Å². The fourth-order valence-electron chi connectivity index (χ4n) is 2.33. The first kappa shape index (κ1) is 19.4. The molecular weight excluding hydrogens is 415 g/mol. The zero-order valence-corrected chi connectivity index (χ0v) is 14.4. The number of rotatable bonds is 4. The van der Waals surface area contributed by atoms with E-state index in [2.05, 4.69) is 5.10 Å². The molecule has 1 aromatic heterocycles. The molecule has 3 rings (SSSR count). The summed E-state index contributed by atoms with van der Waals surface area (Å²) >= 11 is 5.85. The van der Waals surface area contributed by atoms with E-state index in [9.17, 15) is 25.3 Å². The molecule has 0 aliphatic carbocycles. The monoisotopic (exact) mass is 423 g/mol. The molecule has 0 amide bonds. The SMILES string of the molecule is O=[N+]([O-])c1ccc(-n2nc(O)cc2-c2ccc(Cl)cc2)c([N+](=O)[O-])c1.[Cu]. The Morgan fingerprint density at radius 2 is 1.65 bits per heavy atom. The number of halogens is 1. The van der Waals surface area contributed by atoms with Crippen LogP contribution in [-0.2, 0) is 17.1 Å². The summed E-state index contributed by atoms with van der Waals surface area (Å²) in [5.74, 6) is -0.349. The number of aromatic nitrogens is 2. The molecule has 2 aromatic carbocycles. The Labute approximate surface area is 161 Å². The van der Waals surface area contributed by atoms with Gasteiger partial charge in [0.05, 0.1) is 21.6 Å². The molecule has 9 nitrogen and oxygen atoms in total. The maximum Gasteiger partial charge on any atom is 0.301 e. The van der Waals surface area contributed by atoms with Crippen LogP contribution in [0.5, 0.6) is 5.88 Å². The molecule has 0 aliphatic rings. The standard InChI is InChI=1S/C15H9ClN4O5.Cu/c16-10-3-1-9(2-4-10)13-8-15(21)17-18(13)12-6-5-11(19(22)23)7-14(12)20(24)25;/h1-8H,(H,17,21);. The maximum absolute atomic E-state index is 11.3. The second-order valence-electron chi connectivity index (χ2n) is 4.99. The van der Waals surface area contributed by atoms with Crippen LogP contribution in [0.4, 0.5) is 11.4 Å². The van der Waals surface area contributed by atoms with Crippen molar-refractivity contribution in [3.8, 4) is 22.8 Å². The van der Waals surface area contributed by atoms with Crippen LogP contribution in [-0.4, -0.2) is 24.7 Å². The minimum absolute atomic E-state index is 0. The molecule has 0 saturated heterocycles. The quantitative estimate of drug-likeness (QED) is 0.387. The Morgan fingerprint density at radius 1 is 1.00 bits per heavy atom. The second-order valence-corrected chi connectivity index (χ2v) is 5.43. The molecule has 1 heterocycles. The zero-order chi connectivity index (χ0) is 18.1. The van der Waals surface area contributed by atoms with Gasteiger partial charge in [0.1, 0.15) is 5.69 Å². The van der Waals surface area contributed by atoms with Gasteiger partial charge in [-0.25, -0.2) is 4.68 Å². The van der Waals surface area contributed by atoms with Gasteiger partial charge >= 0.3 is 5.69 Å². The molecule has 0 aliphatic heterocycles. The summed E-state index contributed by atoms with van der Waals surface area (Å²) in [5, 5.41) is 36.3. The predicted molar refractivity (Wildman–Crippen MR) is 89.0 cm³/mol. The summed E-state index contributed by atoms with van der Waals surface area (Å²) in [7, 11) is 0. The minimum Gasteiger partial charge on any atom is -0.492 e. The molecule has 0 spiro atoms. The fraction of sp³-hybridized carbons (Fsp3) is 0. The van der Waals surface area contributed by atoms with Gasteiger partial charge in [0.2, 0.25) is 5.88 Å². The zero-order valence-electron chi connectivity index (χ0n) is 12.7. The van der Waals surface area contributed by atoms with Crippen molar-refractivity contribution < 1.29 is 32.0 Å². The van der Waals surface area contributed by atoms with Crippen molar-refractivity contribution in [1.29, 1.82) is 0 Å². The van der Waals surface area contributed by atoms with Crippen LogP contribution in [0.3, 0.4) is 0 Å². The van der Waals surface area contributed by atoms with Gasteiger partial charge in [0, 0.05) is 39.8 Å². The van der Waals surface area contributed by atoms with E-state index in [-0.39, 0.29) is 28.6 Å². The van der Waals surface area contributed by atoms with Crippen molar-refractivity contribution in [3.63, 3.8) is 0 Å². The van der Waals surface area contributed by atoms with E-state index >= 15 is 0 Å². The van der Waals surface area contributed by atoms with Gasteiger partial charge in [-0.1, -0.05) is 23.7 Å². The topological polar surface area (TPSA) is 124 Å². The third-order valence-electron chi connectivity index (χ3n) is 3.43. The number of non-ortho nitro benzene ring substituents is 1. The molecule has 0 fully saturated rings. The number of benzene rings is 2. The van der Waals surface area contributed by atoms with Crippen molar-refractivity contribution in [1.82, 2.24) is 9.78 Å². The summed E-state index contributed by atoms with van der Waals surface area (Å²) in [5.41, 5.74) is 0.0317. The van der Waals surface area contributed by atoms with Gasteiger partial charge < -0.3 is 5.11 Å². The number of nitro benzene ring substituents is 2. The first-order valence-electron chi connectivity index (χ1n) is 6.85. The fourth-order valence-corrected chi connectivity index (χ4v) is 2.46. The van der Waals surface area contributed by atoms with E-state index < -0.39 is 21.2 Å². The molecule has 1 radical (unpaired) electrons. The van der Waals surface area contributed by atoms with E-state index in [0.29, 0.717) is 16.3 Å². The van der Waals surface area contributed by atoms with Crippen LogP contribution in [0.1, 0.15) is 0 Å². The summed E-state index contributed by atoms with van der Waals surface area (Å²) in [6, 6.07) is 11.1. The number of aromatic hydroxyl groups is 1. The third kappa shape index (κ3) is 3.67. The Kier molecular flexibility index (Phi) is 5.61. The normalized spacial score (nSPS) is 10.2. The molecule has 137 valence electrons. The van der Waals surface area contributed by atoms with Crippen LogP contribution in [0.2, 0.25) is 5.02 Å². The van der Waals surface area contributed by atoms with Crippen LogP contribution in [0.15, 0.2) is 48.5 Å². The summed E-state index contributed by atoms with van der Waals surface area (Å²) < 4.78 is 1.15. The van der Waals surface area contributed by atoms with E-state index in [1.165, 1.54) is 12.1 Å². The Hall–Kier alpha value is -2.94. The summed E-state index contributed by atoms with van der Waals surface area (Å²) in [6.07, 6.45) is 0. The van der Waals surface area contributed by atoms with E-state index in [1.807, 2.05) is 0 Å². The van der Waals surface area contributed by atoms with Gasteiger partial charge in [0.25, 0.3) is 5.69 Å². The van der Waals surface area contributed by atoms with Crippen molar-refractivity contribution >= 4 is 23.0 Å². The molecule has 0 bridgehead atoms. The molecule has 0 atom stereocenters. The van der Waals surface area contributed by atoms with Crippen LogP contribution in [0.25, 0.3) is 16.9 Å². The maximum atomic E-state index is 11.3. The van der Waals surface area contributed by atoms with E-state index in [1.54, 1.807) is 24.3 Å². The first-order chi connectivity index (χ1) is 11.9. The minimum atomic E-state index is -0.743. The number of hydrogen-bond acceptors (Lipinski definition) is 6. The van der Waals surface area contributed by atoms with Crippen molar-refractivity contribution in [2.45, 2.75) is 0 Å². The number of nitrogens with zero attached hydrogens (tertiary/aromatic N) is 4. The van der Waals surface area contributed by atoms with E-state index in [4.69, 9.17) is 11.6 Å². The summed E-state index contributed by atoms with van der Waals surface area (Å²) in [4.78, 5) is 20.7. The van der Waals surface area contributed by atoms with Crippen molar-refractivity contribution in [2.75, 3.05) is 0 Å². The number of nitro groups is 2. The van der Waals surface area contributed by atoms with Gasteiger partial charge in [0.15, 0.2) is 0 Å². The molecule has 3 aromatic rings. The van der Waals surface area contributed by atoms with Crippen molar-refractivity contribution in [3.05, 3.63) is 73.8 Å². The molecule has 0 unspecified atom stereocenters. The smallest absolute Gasteiger partial charge is 0.301 e. The van der Waals surface area contributed by atoms with E-state index in [0.717, 1.165) is 16.8 Å². The third-order valence-corrected chi connectivity index (χ3v) is 3.68.